The van der Waals surface area contributed by atoms with Gasteiger partial charge in [0, 0.05) is 6.54 Å². The first kappa shape index (κ1) is 16.2. The molecule has 0 bridgehead atoms. The molecule has 0 radical (unpaired) electrons. The van der Waals surface area contributed by atoms with E-state index in [2.05, 4.69) is 4.99 Å². The van der Waals surface area contributed by atoms with Crippen LogP contribution in [0.2, 0.25) is 0 Å². The fraction of sp³-hybridized carbons (Fsp3) is 0.235. The largest absolute Gasteiger partial charge is 0.394 e. The van der Waals surface area contributed by atoms with E-state index in [1.54, 1.807) is 30.3 Å². The molecule has 124 valence electrons. The van der Waals surface area contributed by atoms with Crippen LogP contribution in [0.5, 0.6) is 0 Å². The van der Waals surface area contributed by atoms with Gasteiger partial charge in [-0.2, -0.15) is 13.2 Å². The van der Waals surface area contributed by atoms with Gasteiger partial charge in [-0.3, -0.25) is 9.59 Å². The predicted molar refractivity (Wildman–Crippen MR) is 81.1 cm³/mol. The molecule has 0 unspecified atom stereocenters. The minimum absolute atomic E-state index is 0.0907. The van der Waals surface area contributed by atoms with Gasteiger partial charge in [-0.15, -0.1) is 0 Å². The Balaban J connectivity index is 1.97. The molecule has 0 aromatic heterocycles. The molecular weight excluding hydrogens is 321 g/mol. The SMILES string of the molecule is O=C1C=CC2(C=C1)N=C(CC(F)(F)F)C(=O)N2Cc1ccccc1. The second kappa shape index (κ2) is 5.74. The molecule has 1 amide bonds. The number of benzene rings is 1. The van der Waals surface area contributed by atoms with E-state index < -0.39 is 29.9 Å². The third-order valence-corrected chi connectivity index (χ3v) is 3.78. The van der Waals surface area contributed by atoms with Gasteiger partial charge in [0.1, 0.15) is 5.71 Å². The van der Waals surface area contributed by atoms with Crippen LogP contribution < -0.4 is 0 Å². The van der Waals surface area contributed by atoms with Crippen molar-refractivity contribution in [3.63, 3.8) is 0 Å². The maximum Gasteiger partial charge on any atom is 0.394 e. The second-order valence-corrected chi connectivity index (χ2v) is 5.58. The third-order valence-electron chi connectivity index (χ3n) is 3.78. The van der Waals surface area contributed by atoms with Gasteiger partial charge in [-0.1, -0.05) is 30.3 Å². The summed E-state index contributed by atoms with van der Waals surface area (Å²) in [6.45, 7) is 0.0907. The maximum atomic E-state index is 12.7. The first-order chi connectivity index (χ1) is 11.3. The Morgan fingerprint density at radius 1 is 1.04 bits per heavy atom. The molecule has 24 heavy (non-hydrogen) atoms. The lowest BCUT2D eigenvalue weighted by molar-refractivity contribution is -0.131. The van der Waals surface area contributed by atoms with Crippen molar-refractivity contribution in [3.8, 4) is 0 Å². The summed E-state index contributed by atoms with van der Waals surface area (Å²) >= 11 is 0. The highest BCUT2D eigenvalue weighted by Gasteiger charge is 2.47. The van der Waals surface area contributed by atoms with Crippen LogP contribution in [0.3, 0.4) is 0 Å². The van der Waals surface area contributed by atoms with Crippen LogP contribution in [0.15, 0.2) is 59.6 Å². The van der Waals surface area contributed by atoms with Crippen LogP contribution in [-0.2, 0) is 16.1 Å². The molecular formula is C17H13F3N2O2. The van der Waals surface area contributed by atoms with Crippen molar-refractivity contribution < 1.29 is 22.8 Å². The number of alkyl halides is 3. The number of ketones is 1. The van der Waals surface area contributed by atoms with Gasteiger partial charge in [0.05, 0.1) is 6.42 Å². The molecule has 1 aliphatic heterocycles. The summed E-state index contributed by atoms with van der Waals surface area (Å²) < 4.78 is 38.1. The number of aliphatic imine (C=N–C) groups is 1. The second-order valence-electron chi connectivity index (χ2n) is 5.58. The van der Waals surface area contributed by atoms with Crippen LogP contribution >= 0.6 is 0 Å². The molecule has 7 heteroatoms. The quantitative estimate of drug-likeness (QED) is 0.853. The number of amides is 1. The third kappa shape index (κ3) is 3.15. The summed E-state index contributed by atoms with van der Waals surface area (Å²) in [4.78, 5) is 29.1. The average molecular weight is 334 g/mol. The van der Waals surface area contributed by atoms with Gasteiger partial charge in [0.25, 0.3) is 5.91 Å². The van der Waals surface area contributed by atoms with Gasteiger partial charge < -0.3 is 4.90 Å². The predicted octanol–water partition coefficient (Wildman–Crippen LogP) is 2.81. The normalized spacial score (nSPS) is 19.3. The Morgan fingerprint density at radius 3 is 2.25 bits per heavy atom. The molecule has 1 aromatic rings. The zero-order valence-electron chi connectivity index (χ0n) is 12.5. The number of rotatable bonds is 3. The van der Waals surface area contributed by atoms with E-state index in [0.29, 0.717) is 0 Å². The molecule has 2 aliphatic rings. The monoisotopic (exact) mass is 334 g/mol. The average Bonchev–Trinajstić information content (AvgIpc) is 2.76. The van der Waals surface area contributed by atoms with Crippen molar-refractivity contribution in [3.05, 3.63) is 60.2 Å². The summed E-state index contributed by atoms with van der Waals surface area (Å²) in [5, 5.41) is 0. The van der Waals surface area contributed by atoms with E-state index >= 15 is 0 Å². The Labute approximate surface area is 136 Å². The minimum Gasteiger partial charge on any atom is -0.302 e. The van der Waals surface area contributed by atoms with Crippen LogP contribution in [-0.4, -0.2) is 34.1 Å². The van der Waals surface area contributed by atoms with E-state index in [-0.39, 0.29) is 12.3 Å². The van der Waals surface area contributed by atoms with E-state index in [0.717, 1.165) is 5.56 Å². The number of carbonyl (C=O) groups is 2. The van der Waals surface area contributed by atoms with Crippen molar-refractivity contribution in [1.29, 1.82) is 0 Å². The zero-order valence-corrected chi connectivity index (χ0v) is 12.5. The van der Waals surface area contributed by atoms with Crippen molar-refractivity contribution in [2.24, 2.45) is 4.99 Å². The van der Waals surface area contributed by atoms with Gasteiger partial charge in [0.2, 0.25) is 0 Å². The highest BCUT2D eigenvalue weighted by Crippen LogP contribution is 2.34. The van der Waals surface area contributed by atoms with E-state index in [1.807, 2.05) is 0 Å². The molecule has 0 atom stereocenters. The van der Waals surface area contributed by atoms with Gasteiger partial charge >= 0.3 is 6.18 Å². The highest BCUT2D eigenvalue weighted by atomic mass is 19.4. The minimum atomic E-state index is -4.53. The van der Waals surface area contributed by atoms with Gasteiger partial charge in [0.15, 0.2) is 11.4 Å². The van der Waals surface area contributed by atoms with Gasteiger partial charge in [-0.25, -0.2) is 4.99 Å². The number of halogens is 3. The molecule has 1 aromatic carbocycles. The van der Waals surface area contributed by atoms with Gasteiger partial charge in [-0.05, 0) is 29.9 Å². The number of nitrogens with zero attached hydrogens (tertiary/aromatic N) is 2. The molecule has 1 spiro atoms. The van der Waals surface area contributed by atoms with Crippen molar-refractivity contribution >= 4 is 17.4 Å². The first-order valence-corrected chi connectivity index (χ1v) is 7.23. The van der Waals surface area contributed by atoms with Crippen LogP contribution in [0.25, 0.3) is 0 Å². The topological polar surface area (TPSA) is 49.7 Å². The van der Waals surface area contributed by atoms with E-state index in [9.17, 15) is 22.8 Å². The highest BCUT2D eigenvalue weighted by molar-refractivity contribution is 6.40. The number of hydrogen-bond acceptors (Lipinski definition) is 3. The number of carbonyl (C=O) groups excluding carboxylic acids is 2. The summed E-state index contributed by atoms with van der Waals surface area (Å²) in [5.41, 5.74) is -1.17. The first-order valence-electron chi connectivity index (χ1n) is 7.23. The van der Waals surface area contributed by atoms with Crippen molar-refractivity contribution in [1.82, 2.24) is 4.90 Å². The molecule has 0 fully saturated rings. The molecule has 0 saturated carbocycles. The zero-order chi connectivity index (χ0) is 17.4. The Morgan fingerprint density at radius 2 is 1.67 bits per heavy atom. The van der Waals surface area contributed by atoms with Crippen molar-refractivity contribution in [2.45, 2.75) is 24.8 Å². The fourth-order valence-corrected chi connectivity index (χ4v) is 2.69. The summed E-state index contributed by atoms with van der Waals surface area (Å²) in [7, 11) is 0. The van der Waals surface area contributed by atoms with E-state index in [1.165, 1.54) is 29.2 Å². The Hall–Kier alpha value is -2.70. The molecule has 3 rings (SSSR count). The summed E-state index contributed by atoms with van der Waals surface area (Å²) in [6.07, 6.45) is -0.777. The number of hydrogen-bond donors (Lipinski definition) is 0. The fourth-order valence-electron chi connectivity index (χ4n) is 2.69. The number of allylic oxidation sites excluding steroid dienone is 2. The molecule has 1 aliphatic carbocycles. The van der Waals surface area contributed by atoms with E-state index in [4.69, 9.17) is 0 Å². The molecule has 0 saturated heterocycles. The lowest BCUT2D eigenvalue weighted by atomic mass is 10.0. The van der Waals surface area contributed by atoms with Crippen LogP contribution in [0.4, 0.5) is 13.2 Å². The maximum absolute atomic E-state index is 12.7. The Bertz CT molecular complexity index is 748. The lowest BCUT2D eigenvalue weighted by Gasteiger charge is -2.32. The molecule has 1 heterocycles. The van der Waals surface area contributed by atoms with Crippen LogP contribution in [0.1, 0.15) is 12.0 Å². The molecule has 4 nitrogen and oxygen atoms in total. The summed E-state index contributed by atoms with van der Waals surface area (Å²) in [5.74, 6) is -1.08. The molecule has 0 N–H and O–H groups in total. The van der Waals surface area contributed by atoms with Crippen molar-refractivity contribution in [2.75, 3.05) is 0 Å². The lowest BCUT2D eigenvalue weighted by Crippen LogP contribution is -2.44. The smallest absolute Gasteiger partial charge is 0.302 e. The Kier molecular flexibility index (Phi) is 3.87. The standard InChI is InChI=1S/C17H13F3N2O2/c18-17(19,20)10-14-15(24)22(11-12-4-2-1-3-5-12)16(21-14)8-6-13(23)7-9-16/h1-9H,10-11H2. The summed E-state index contributed by atoms with van der Waals surface area (Å²) in [6, 6.07) is 8.89. The van der Waals surface area contributed by atoms with Crippen LogP contribution in [0, 0.1) is 0 Å².